The van der Waals surface area contributed by atoms with Gasteiger partial charge in [-0.15, -0.1) is 0 Å². The van der Waals surface area contributed by atoms with Gasteiger partial charge in [-0.05, 0) is 12.8 Å². The first-order valence-corrected chi connectivity index (χ1v) is 6.60. The van der Waals surface area contributed by atoms with E-state index in [4.69, 9.17) is 22.1 Å². The summed E-state index contributed by atoms with van der Waals surface area (Å²) >= 11 is 6.03. The highest BCUT2D eigenvalue weighted by molar-refractivity contribution is 6.32. The molecule has 1 aromatic heterocycles. The molecule has 1 aliphatic rings. The van der Waals surface area contributed by atoms with Gasteiger partial charge in [-0.25, -0.2) is 4.98 Å². The average molecular weight is 271 g/mol. The molecule has 0 amide bonds. The van der Waals surface area contributed by atoms with Crippen LogP contribution in [0, 0.1) is 0 Å². The lowest BCUT2D eigenvalue weighted by molar-refractivity contribution is 0.310. The van der Waals surface area contributed by atoms with Crippen LogP contribution in [-0.4, -0.2) is 29.2 Å². The molecule has 1 aliphatic carbocycles. The predicted molar refractivity (Wildman–Crippen MR) is 72.1 cm³/mol. The third-order valence-electron chi connectivity index (χ3n) is 3.36. The Morgan fingerprint density at radius 2 is 2.17 bits per heavy atom. The van der Waals surface area contributed by atoms with Crippen molar-refractivity contribution in [1.82, 2.24) is 9.97 Å². The van der Waals surface area contributed by atoms with Crippen molar-refractivity contribution in [3.63, 3.8) is 0 Å². The van der Waals surface area contributed by atoms with Crippen LogP contribution in [0.4, 0.5) is 5.82 Å². The summed E-state index contributed by atoms with van der Waals surface area (Å²) < 4.78 is 4.97. The third kappa shape index (κ3) is 3.23. The van der Waals surface area contributed by atoms with Crippen molar-refractivity contribution in [3.8, 4) is 6.01 Å². The van der Waals surface area contributed by atoms with Crippen molar-refractivity contribution in [2.75, 3.05) is 19.0 Å². The van der Waals surface area contributed by atoms with E-state index < -0.39 is 0 Å². The molecule has 1 fully saturated rings. The molecular formula is C12H19ClN4O. The van der Waals surface area contributed by atoms with Crippen LogP contribution in [0.15, 0.2) is 6.20 Å². The lowest BCUT2D eigenvalue weighted by atomic mass is 9.82. The zero-order chi connectivity index (χ0) is 13.0. The van der Waals surface area contributed by atoms with Crippen molar-refractivity contribution in [1.29, 1.82) is 0 Å². The molecule has 100 valence electrons. The number of anilines is 1. The second-order valence-corrected chi connectivity index (χ2v) is 5.24. The number of aromatic nitrogens is 2. The Bertz CT molecular complexity index is 407. The van der Waals surface area contributed by atoms with Crippen LogP contribution in [0.3, 0.4) is 0 Å². The third-order valence-corrected chi connectivity index (χ3v) is 3.64. The maximum absolute atomic E-state index is 6.35. The van der Waals surface area contributed by atoms with E-state index in [0.717, 1.165) is 12.8 Å². The molecular weight excluding hydrogens is 252 g/mol. The standard InChI is InChI=1S/C12H19ClN4O/c1-18-11-15-7-9(13)10(17-11)16-8-12(14)5-3-2-4-6-12/h7H,2-6,8,14H2,1H3,(H,15,16,17). The van der Waals surface area contributed by atoms with Gasteiger partial charge in [-0.3, -0.25) is 0 Å². The molecule has 0 aliphatic heterocycles. The summed E-state index contributed by atoms with van der Waals surface area (Å²) in [6.07, 6.45) is 7.28. The van der Waals surface area contributed by atoms with Crippen molar-refractivity contribution in [2.24, 2.45) is 5.73 Å². The Hall–Kier alpha value is -1.07. The van der Waals surface area contributed by atoms with E-state index in [0.29, 0.717) is 23.4 Å². The SMILES string of the molecule is COc1ncc(Cl)c(NCC2(N)CCCCC2)n1. The number of rotatable bonds is 4. The fourth-order valence-corrected chi connectivity index (χ4v) is 2.42. The van der Waals surface area contributed by atoms with E-state index >= 15 is 0 Å². The van der Waals surface area contributed by atoms with Gasteiger partial charge in [0, 0.05) is 12.1 Å². The number of nitrogens with one attached hydrogen (secondary N) is 1. The largest absolute Gasteiger partial charge is 0.467 e. The monoisotopic (exact) mass is 270 g/mol. The second-order valence-electron chi connectivity index (χ2n) is 4.83. The van der Waals surface area contributed by atoms with Crippen molar-refractivity contribution in [3.05, 3.63) is 11.2 Å². The number of methoxy groups -OCH3 is 1. The normalized spacial score (nSPS) is 18.4. The number of nitrogens with zero attached hydrogens (tertiary/aromatic N) is 2. The fraction of sp³-hybridized carbons (Fsp3) is 0.667. The van der Waals surface area contributed by atoms with E-state index in [1.54, 1.807) is 0 Å². The van der Waals surface area contributed by atoms with Gasteiger partial charge in [0.1, 0.15) is 5.02 Å². The summed E-state index contributed by atoms with van der Waals surface area (Å²) in [5.74, 6) is 0.582. The van der Waals surface area contributed by atoms with Gasteiger partial charge in [0.15, 0.2) is 5.82 Å². The topological polar surface area (TPSA) is 73.1 Å². The summed E-state index contributed by atoms with van der Waals surface area (Å²) in [6, 6.07) is 0.302. The maximum Gasteiger partial charge on any atom is 0.318 e. The van der Waals surface area contributed by atoms with Gasteiger partial charge in [0.05, 0.1) is 13.3 Å². The zero-order valence-corrected chi connectivity index (χ0v) is 11.3. The summed E-state index contributed by atoms with van der Waals surface area (Å²) in [5.41, 5.74) is 6.19. The summed E-state index contributed by atoms with van der Waals surface area (Å²) in [6.45, 7) is 0.673. The van der Waals surface area contributed by atoms with Crippen LogP contribution < -0.4 is 15.8 Å². The van der Waals surface area contributed by atoms with Crippen LogP contribution in [0.2, 0.25) is 5.02 Å². The van der Waals surface area contributed by atoms with Gasteiger partial charge in [-0.1, -0.05) is 30.9 Å². The molecule has 5 nitrogen and oxygen atoms in total. The Kier molecular flexibility index (Phi) is 4.24. The molecule has 18 heavy (non-hydrogen) atoms. The first-order valence-electron chi connectivity index (χ1n) is 6.22. The molecule has 0 saturated heterocycles. The van der Waals surface area contributed by atoms with Crippen LogP contribution in [-0.2, 0) is 0 Å². The zero-order valence-electron chi connectivity index (χ0n) is 10.6. The van der Waals surface area contributed by atoms with E-state index in [1.807, 2.05) is 0 Å². The van der Waals surface area contributed by atoms with Crippen LogP contribution in [0.5, 0.6) is 6.01 Å². The number of ether oxygens (including phenoxy) is 1. The smallest absolute Gasteiger partial charge is 0.318 e. The van der Waals surface area contributed by atoms with Gasteiger partial charge >= 0.3 is 6.01 Å². The highest BCUT2D eigenvalue weighted by Crippen LogP contribution is 2.27. The summed E-state index contributed by atoms with van der Waals surface area (Å²) in [7, 11) is 1.53. The molecule has 1 heterocycles. The molecule has 3 N–H and O–H groups in total. The Morgan fingerprint density at radius 1 is 1.44 bits per heavy atom. The predicted octanol–water partition coefficient (Wildman–Crippen LogP) is 2.21. The Balaban J connectivity index is 2.00. The van der Waals surface area contributed by atoms with Crippen molar-refractivity contribution < 1.29 is 4.74 Å². The number of hydrogen-bond acceptors (Lipinski definition) is 5. The van der Waals surface area contributed by atoms with Gasteiger partial charge in [0.25, 0.3) is 0 Å². The molecule has 0 spiro atoms. The molecule has 0 bridgehead atoms. The van der Waals surface area contributed by atoms with E-state index in [2.05, 4.69) is 15.3 Å². The molecule has 0 unspecified atom stereocenters. The molecule has 1 aromatic rings. The minimum Gasteiger partial charge on any atom is -0.467 e. The molecule has 1 saturated carbocycles. The molecule has 6 heteroatoms. The second kappa shape index (κ2) is 5.71. The summed E-state index contributed by atoms with van der Waals surface area (Å²) in [5, 5.41) is 3.69. The minimum absolute atomic E-state index is 0.153. The molecule has 2 rings (SSSR count). The number of halogens is 1. The highest BCUT2D eigenvalue weighted by Gasteiger charge is 2.27. The van der Waals surface area contributed by atoms with Crippen LogP contribution in [0.1, 0.15) is 32.1 Å². The van der Waals surface area contributed by atoms with E-state index in [9.17, 15) is 0 Å². The van der Waals surface area contributed by atoms with Crippen LogP contribution in [0.25, 0.3) is 0 Å². The van der Waals surface area contributed by atoms with Crippen LogP contribution >= 0.6 is 11.6 Å². The Morgan fingerprint density at radius 3 is 2.83 bits per heavy atom. The van der Waals surface area contributed by atoms with Gasteiger partial charge in [0.2, 0.25) is 0 Å². The minimum atomic E-state index is -0.153. The number of nitrogens with two attached hydrogens (primary N) is 1. The van der Waals surface area contributed by atoms with Crippen molar-refractivity contribution in [2.45, 2.75) is 37.6 Å². The van der Waals surface area contributed by atoms with E-state index in [1.165, 1.54) is 32.6 Å². The highest BCUT2D eigenvalue weighted by atomic mass is 35.5. The van der Waals surface area contributed by atoms with Crippen molar-refractivity contribution >= 4 is 17.4 Å². The lowest BCUT2D eigenvalue weighted by Crippen LogP contribution is -2.47. The first-order chi connectivity index (χ1) is 8.63. The first kappa shape index (κ1) is 13.4. The molecule has 0 aromatic carbocycles. The average Bonchev–Trinajstić information content (AvgIpc) is 2.39. The lowest BCUT2D eigenvalue weighted by Gasteiger charge is -2.33. The Labute approximate surface area is 112 Å². The molecule has 0 radical (unpaired) electrons. The maximum atomic E-state index is 6.35. The molecule has 0 atom stereocenters. The van der Waals surface area contributed by atoms with E-state index in [-0.39, 0.29) is 5.54 Å². The number of hydrogen-bond donors (Lipinski definition) is 2. The quantitative estimate of drug-likeness (QED) is 0.878. The van der Waals surface area contributed by atoms with Gasteiger partial charge < -0.3 is 15.8 Å². The van der Waals surface area contributed by atoms with Gasteiger partial charge in [-0.2, -0.15) is 4.98 Å². The summed E-state index contributed by atoms with van der Waals surface area (Å²) in [4.78, 5) is 8.11. The fourth-order valence-electron chi connectivity index (χ4n) is 2.27.